The minimum atomic E-state index is 0.323. The molecular formula is C15H22ClNOS. The van der Waals surface area contributed by atoms with Crippen molar-refractivity contribution in [1.82, 2.24) is 5.32 Å². The van der Waals surface area contributed by atoms with Gasteiger partial charge in [0.05, 0.1) is 11.1 Å². The molecule has 1 aromatic rings. The van der Waals surface area contributed by atoms with E-state index in [9.17, 15) is 0 Å². The highest BCUT2D eigenvalue weighted by Crippen LogP contribution is 2.36. The third-order valence-corrected chi connectivity index (χ3v) is 5.25. The lowest BCUT2D eigenvalue weighted by Crippen LogP contribution is -2.21. The molecule has 0 radical (unpaired) electrons. The molecule has 0 bridgehead atoms. The first-order chi connectivity index (χ1) is 9.06. The molecule has 0 saturated carbocycles. The zero-order valence-corrected chi connectivity index (χ0v) is 13.4. The molecule has 1 N–H and O–H groups in total. The van der Waals surface area contributed by atoms with Gasteiger partial charge in [0.15, 0.2) is 0 Å². The van der Waals surface area contributed by atoms with E-state index in [2.05, 4.69) is 44.3 Å². The average molecular weight is 300 g/mol. The van der Waals surface area contributed by atoms with Crippen LogP contribution in [-0.4, -0.2) is 24.0 Å². The largest absolute Gasteiger partial charge is 0.377 e. The van der Waals surface area contributed by atoms with Gasteiger partial charge in [-0.1, -0.05) is 31.5 Å². The minimum Gasteiger partial charge on any atom is -0.377 e. The van der Waals surface area contributed by atoms with Crippen molar-refractivity contribution < 1.29 is 4.74 Å². The van der Waals surface area contributed by atoms with E-state index in [1.54, 1.807) is 0 Å². The van der Waals surface area contributed by atoms with E-state index >= 15 is 0 Å². The van der Waals surface area contributed by atoms with Crippen molar-refractivity contribution in [2.75, 3.05) is 6.61 Å². The van der Waals surface area contributed by atoms with Gasteiger partial charge in [-0.25, -0.2) is 0 Å². The predicted octanol–water partition coefficient (Wildman–Crippen LogP) is 4.11. The SMILES string of the molecule is CC(C)NCc1ccc(SC2CCOC2C)c(Cl)c1. The normalized spacial score (nSPS) is 23.2. The van der Waals surface area contributed by atoms with Crippen LogP contribution >= 0.6 is 23.4 Å². The van der Waals surface area contributed by atoms with Gasteiger partial charge in [0.1, 0.15) is 0 Å². The maximum absolute atomic E-state index is 6.38. The molecule has 106 valence electrons. The van der Waals surface area contributed by atoms with Gasteiger partial charge in [-0.15, -0.1) is 11.8 Å². The molecule has 1 aromatic carbocycles. The molecule has 0 aromatic heterocycles. The van der Waals surface area contributed by atoms with Crippen molar-refractivity contribution >= 4 is 23.4 Å². The van der Waals surface area contributed by atoms with E-state index < -0.39 is 0 Å². The molecule has 1 heterocycles. The van der Waals surface area contributed by atoms with Crippen LogP contribution in [0.4, 0.5) is 0 Å². The molecule has 1 aliphatic rings. The molecule has 0 amide bonds. The Morgan fingerprint density at radius 1 is 1.47 bits per heavy atom. The lowest BCUT2D eigenvalue weighted by atomic mass is 10.2. The molecule has 2 unspecified atom stereocenters. The van der Waals surface area contributed by atoms with E-state index in [-0.39, 0.29) is 0 Å². The maximum atomic E-state index is 6.38. The second kappa shape index (κ2) is 6.98. The Balaban J connectivity index is 1.98. The van der Waals surface area contributed by atoms with Gasteiger partial charge in [0.2, 0.25) is 0 Å². The number of rotatable bonds is 5. The van der Waals surface area contributed by atoms with E-state index in [1.807, 2.05) is 11.8 Å². The summed E-state index contributed by atoms with van der Waals surface area (Å²) < 4.78 is 5.59. The van der Waals surface area contributed by atoms with Crippen molar-refractivity contribution in [3.05, 3.63) is 28.8 Å². The Bertz CT molecular complexity index is 425. The van der Waals surface area contributed by atoms with E-state index in [0.29, 0.717) is 17.4 Å². The van der Waals surface area contributed by atoms with E-state index in [0.717, 1.165) is 29.5 Å². The van der Waals surface area contributed by atoms with Gasteiger partial charge in [0.25, 0.3) is 0 Å². The van der Waals surface area contributed by atoms with Crippen LogP contribution in [-0.2, 0) is 11.3 Å². The fourth-order valence-electron chi connectivity index (χ4n) is 2.10. The van der Waals surface area contributed by atoms with Crippen LogP contribution in [0.1, 0.15) is 32.8 Å². The van der Waals surface area contributed by atoms with Crippen LogP contribution in [0.3, 0.4) is 0 Å². The number of nitrogens with one attached hydrogen (secondary N) is 1. The number of benzene rings is 1. The number of hydrogen-bond donors (Lipinski definition) is 1. The van der Waals surface area contributed by atoms with Crippen LogP contribution in [0.15, 0.2) is 23.1 Å². The summed E-state index contributed by atoms with van der Waals surface area (Å²) in [6.07, 6.45) is 1.43. The molecule has 2 rings (SSSR count). The predicted molar refractivity (Wildman–Crippen MR) is 83.1 cm³/mol. The quantitative estimate of drug-likeness (QED) is 0.884. The summed E-state index contributed by atoms with van der Waals surface area (Å²) in [6, 6.07) is 6.85. The Morgan fingerprint density at radius 2 is 2.26 bits per heavy atom. The minimum absolute atomic E-state index is 0.323. The Hall–Kier alpha value is -0.220. The highest BCUT2D eigenvalue weighted by Gasteiger charge is 2.25. The van der Waals surface area contributed by atoms with Gasteiger partial charge in [-0.05, 0) is 31.0 Å². The molecule has 4 heteroatoms. The monoisotopic (exact) mass is 299 g/mol. The number of thioether (sulfide) groups is 1. The second-order valence-corrected chi connectivity index (χ2v) is 7.01. The highest BCUT2D eigenvalue weighted by molar-refractivity contribution is 8.00. The Morgan fingerprint density at radius 3 is 2.84 bits per heavy atom. The molecular weight excluding hydrogens is 278 g/mol. The Labute approximate surface area is 125 Å². The summed E-state index contributed by atoms with van der Waals surface area (Å²) in [7, 11) is 0. The van der Waals surface area contributed by atoms with Gasteiger partial charge < -0.3 is 10.1 Å². The number of ether oxygens (including phenoxy) is 1. The van der Waals surface area contributed by atoms with E-state index in [1.165, 1.54) is 5.56 Å². The number of hydrogen-bond acceptors (Lipinski definition) is 3. The fourth-order valence-corrected chi connectivity index (χ4v) is 3.57. The molecule has 1 saturated heterocycles. The van der Waals surface area contributed by atoms with Crippen LogP contribution in [0.25, 0.3) is 0 Å². The molecule has 0 aliphatic carbocycles. The maximum Gasteiger partial charge on any atom is 0.0669 e. The lowest BCUT2D eigenvalue weighted by molar-refractivity contribution is 0.127. The van der Waals surface area contributed by atoms with E-state index in [4.69, 9.17) is 16.3 Å². The van der Waals surface area contributed by atoms with Crippen molar-refractivity contribution in [2.45, 2.75) is 56.0 Å². The summed E-state index contributed by atoms with van der Waals surface area (Å²) in [5, 5.41) is 4.78. The van der Waals surface area contributed by atoms with Crippen LogP contribution in [0, 0.1) is 0 Å². The summed E-state index contributed by atoms with van der Waals surface area (Å²) in [5.74, 6) is 0. The van der Waals surface area contributed by atoms with Gasteiger partial charge in [-0.2, -0.15) is 0 Å². The summed E-state index contributed by atoms with van der Waals surface area (Å²) in [6.45, 7) is 8.16. The third kappa shape index (κ3) is 4.38. The Kier molecular flexibility index (Phi) is 5.58. The van der Waals surface area contributed by atoms with Crippen molar-refractivity contribution in [3.63, 3.8) is 0 Å². The van der Waals surface area contributed by atoms with Crippen molar-refractivity contribution in [2.24, 2.45) is 0 Å². The first-order valence-electron chi connectivity index (χ1n) is 6.86. The van der Waals surface area contributed by atoms with Gasteiger partial charge >= 0.3 is 0 Å². The van der Waals surface area contributed by atoms with Crippen molar-refractivity contribution in [1.29, 1.82) is 0 Å². The average Bonchev–Trinajstić information content (AvgIpc) is 2.75. The van der Waals surface area contributed by atoms with Crippen LogP contribution in [0.2, 0.25) is 5.02 Å². The molecule has 19 heavy (non-hydrogen) atoms. The van der Waals surface area contributed by atoms with Gasteiger partial charge in [0, 0.05) is 29.3 Å². The summed E-state index contributed by atoms with van der Waals surface area (Å²) >= 11 is 8.22. The van der Waals surface area contributed by atoms with Crippen molar-refractivity contribution in [3.8, 4) is 0 Å². The zero-order valence-electron chi connectivity index (χ0n) is 11.8. The lowest BCUT2D eigenvalue weighted by Gasteiger charge is -2.15. The molecule has 1 aliphatic heterocycles. The molecule has 1 fully saturated rings. The second-order valence-electron chi connectivity index (χ2n) is 5.32. The standard InChI is InChI=1S/C15H22ClNOS/c1-10(2)17-9-12-4-5-15(13(16)8-12)19-14-6-7-18-11(14)3/h4-5,8,10-11,14,17H,6-7,9H2,1-3H3. The smallest absolute Gasteiger partial charge is 0.0669 e. The zero-order chi connectivity index (χ0) is 13.8. The first kappa shape index (κ1) is 15.2. The number of halogens is 1. The third-order valence-electron chi connectivity index (χ3n) is 3.30. The topological polar surface area (TPSA) is 21.3 Å². The molecule has 2 nitrogen and oxygen atoms in total. The molecule has 2 atom stereocenters. The van der Waals surface area contributed by atoms with Crippen LogP contribution < -0.4 is 5.32 Å². The summed E-state index contributed by atoms with van der Waals surface area (Å²) in [4.78, 5) is 1.16. The van der Waals surface area contributed by atoms with Crippen LogP contribution in [0.5, 0.6) is 0 Å². The first-order valence-corrected chi connectivity index (χ1v) is 8.12. The van der Waals surface area contributed by atoms with Gasteiger partial charge in [-0.3, -0.25) is 0 Å². The highest BCUT2D eigenvalue weighted by atomic mass is 35.5. The molecule has 0 spiro atoms. The summed E-state index contributed by atoms with van der Waals surface area (Å²) in [5.41, 5.74) is 1.23. The fraction of sp³-hybridized carbons (Fsp3) is 0.600.